The zero-order chi connectivity index (χ0) is 14.0. The Labute approximate surface area is 114 Å². The van der Waals surface area contributed by atoms with E-state index in [9.17, 15) is 5.11 Å². The summed E-state index contributed by atoms with van der Waals surface area (Å²) in [5, 5.41) is 9.48. The SMILES string of the molecule is CC(O[Si](C)(C)C(C)(C)C)C1CCC(CO)CC1. The zero-order valence-electron chi connectivity index (χ0n) is 13.1. The van der Waals surface area contributed by atoms with Crippen LogP contribution in [-0.4, -0.2) is 26.1 Å². The number of hydrogen-bond acceptors (Lipinski definition) is 2. The molecule has 1 rings (SSSR count). The maximum Gasteiger partial charge on any atom is 0.192 e. The van der Waals surface area contributed by atoms with Crippen LogP contribution in [0.15, 0.2) is 0 Å². The fourth-order valence-electron chi connectivity index (χ4n) is 2.58. The highest BCUT2D eigenvalue weighted by atomic mass is 28.4. The third-order valence-corrected chi connectivity index (χ3v) is 9.67. The largest absolute Gasteiger partial charge is 0.414 e. The van der Waals surface area contributed by atoms with Crippen LogP contribution >= 0.6 is 0 Å². The van der Waals surface area contributed by atoms with E-state index in [2.05, 4.69) is 40.8 Å². The van der Waals surface area contributed by atoms with Gasteiger partial charge in [-0.25, -0.2) is 0 Å². The molecule has 108 valence electrons. The van der Waals surface area contributed by atoms with Gasteiger partial charge in [-0.1, -0.05) is 20.8 Å². The minimum atomic E-state index is -1.63. The van der Waals surface area contributed by atoms with Crippen LogP contribution in [0, 0.1) is 11.8 Å². The number of aliphatic hydroxyl groups is 1. The first kappa shape index (κ1) is 16.2. The van der Waals surface area contributed by atoms with Gasteiger partial charge < -0.3 is 9.53 Å². The van der Waals surface area contributed by atoms with Crippen molar-refractivity contribution >= 4 is 8.32 Å². The summed E-state index contributed by atoms with van der Waals surface area (Å²) in [5.41, 5.74) is 0. The molecule has 1 N–H and O–H groups in total. The Bertz CT molecular complexity index is 250. The normalized spacial score (nSPS) is 28.2. The van der Waals surface area contributed by atoms with Crippen LogP contribution in [0.5, 0.6) is 0 Å². The van der Waals surface area contributed by atoms with E-state index in [1.807, 2.05) is 0 Å². The van der Waals surface area contributed by atoms with Gasteiger partial charge >= 0.3 is 0 Å². The lowest BCUT2D eigenvalue weighted by Crippen LogP contribution is -2.45. The second-order valence-electron chi connectivity index (χ2n) is 7.55. The molecule has 0 aromatic heterocycles. The predicted molar refractivity (Wildman–Crippen MR) is 80.3 cm³/mol. The third kappa shape index (κ3) is 4.07. The van der Waals surface area contributed by atoms with Crippen molar-refractivity contribution in [2.45, 2.75) is 77.6 Å². The molecule has 0 spiro atoms. The number of hydrogen-bond donors (Lipinski definition) is 1. The third-order valence-electron chi connectivity index (χ3n) is 5.10. The van der Waals surface area contributed by atoms with Gasteiger partial charge in [0.2, 0.25) is 0 Å². The molecular weight excluding hydrogens is 240 g/mol. The second-order valence-corrected chi connectivity index (χ2v) is 12.3. The first-order chi connectivity index (χ1) is 8.17. The zero-order valence-corrected chi connectivity index (χ0v) is 14.1. The Morgan fingerprint density at radius 1 is 1.17 bits per heavy atom. The first-order valence-corrected chi connectivity index (χ1v) is 10.4. The molecule has 0 aromatic rings. The Hall–Kier alpha value is 0.137. The summed E-state index contributed by atoms with van der Waals surface area (Å²) < 4.78 is 6.49. The second kappa shape index (κ2) is 6.06. The fraction of sp³-hybridized carbons (Fsp3) is 1.00. The van der Waals surface area contributed by atoms with Crippen molar-refractivity contribution in [3.63, 3.8) is 0 Å². The Balaban J connectivity index is 2.49. The minimum absolute atomic E-state index is 0.295. The maximum atomic E-state index is 9.18. The van der Waals surface area contributed by atoms with Gasteiger partial charge in [0.15, 0.2) is 8.32 Å². The minimum Gasteiger partial charge on any atom is -0.414 e. The average molecular weight is 273 g/mol. The van der Waals surface area contributed by atoms with Crippen LogP contribution < -0.4 is 0 Å². The monoisotopic (exact) mass is 272 g/mol. The summed E-state index contributed by atoms with van der Waals surface area (Å²) >= 11 is 0. The summed E-state index contributed by atoms with van der Waals surface area (Å²) in [6, 6.07) is 0. The Morgan fingerprint density at radius 3 is 2.06 bits per heavy atom. The first-order valence-electron chi connectivity index (χ1n) is 7.46. The van der Waals surface area contributed by atoms with Crippen LogP contribution in [0.3, 0.4) is 0 Å². The van der Waals surface area contributed by atoms with Crippen molar-refractivity contribution in [1.29, 1.82) is 0 Å². The van der Waals surface area contributed by atoms with E-state index in [-0.39, 0.29) is 0 Å². The standard InChI is InChI=1S/C15H32O2Si/c1-12(17-18(5,6)15(2,3)4)14-9-7-13(11-16)8-10-14/h12-14,16H,7-11H2,1-6H3. The summed E-state index contributed by atoms with van der Waals surface area (Å²) in [7, 11) is -1.63. The van der Waals surface area contributed by atoms with Crippen molar-refractivity contribution < 1.29 is 9.53 Å². The van der Waals surface area contributed by atoms with E-state index in [1.54, 1.807) is 0 Å². The molecule has 0 heterocycles. The molecule has 0 saturated heterocycles. The van der Waals surface area contributed by atoms with Crippen molar-refractivity contribution in [2.24, 2.45) is 11.8 Å². The van der Waals surface area contributed by atoms with Gasteiger partial charge in [-0.15, -0.1) is 0 Å². The van der Waals surface area contributed by atoms with Crippen LogP contribution in [0.4, 0.5) is 0 Å². The topological polar surface area (TPSA) is 29.5 Å². The van der Waals surface area contributed by atoms with Gasteiger partial charge in [0.1, 0.15) is 0 Å². The molecule has 0 bridgehead atoms. The number of rotatable bonds is 4. The highest BCUT2D eigenvalue weighted by molar-refractivity contribution is 6.74. The molecule has 1 aliphatic rings. The van der Waals surface area contributed by atoms with Gasteiger partial charge in [-0.3, -0.25) is 0 Å². The Morgan fingerprint density at radius 2 is 1.67 bits per heavy atom. The van der Waals surface area contributed by atoms with Gasteiger partial charge in [0.25, 0.3) is 0 Å². The predicted octanol–water partition coefficient (Wildman–Crippen LogP) is 4.20. The smallest absolute Gasteiger partial charge is 0.192 e. The summed E-state index contributed by atoms with van der Waals surface area (Å²) in [4.78, 5) is 0. The van der Waals surface area contributed by atoms with Crippen LogP contribution in [0.2, 0.25) is 18.1 Å². The molecule has 1 unspecified atom stereocenters. The quantitative estimate of drug-likeness (QED) is 0.777. The van der Waals surface area contributed by atoms with E-state index in [0.29, 0.717) is 29.6 Å². The molecule has 0 radical (unpaired) electrons. The van der Waals surface area contributed by atoms with E-state index >= 15 is 0 Å². The summed E-state index contributed by atoms with van der Waals surface area (Å²) in [5.74, 6) is 1.24. The molecule has 3 heteroatoms. The van der Waals surface area contributed by atoms with Crippen LogP contribution in [-0.2, 0) is 4.43 Å². The average Bonchev–Trinajstić information content (AvgIpc) is 2.27. The van der Waals surface area contributed by atoms with E-state index in [4.69, 9.17) is 4.43 Å². The summed E-state index contributed by atoms with van der Waals surface area (Å²) in [6.07, 6.45) is 5.17. The highest BCUT2D eigenvalue weighted by Gasteiger charge is 2.40. The maximum absolute atomic E-state index is 9.18. The van der Waals surface area contributed by atoms with Crippen LogP contribution in [0.1, 0.15) is 53.4 Å². The molecule has 0 amide bonds. The molecular formula is C15H32O2Si. The van der Waals surface area contributed by atoms with Gasteiger partial charge in [-0.2, -0.15) is 0 Å². The van der Waals surface area contributed by atoms with Crippen molar-refractivity contribution in [3.05, 3.63) is 0 Å². The lowest BCUT2D eigenvalue weighted by Gasteiger charge is -2.41. The molecule has 0 aromatic carbocycles. The molecule has 2 nitrogen and oxygen atoms in total. The van der Waals surface area contributed by atoms with Gasteiger partial charge in [0, 0.05) is 12.7 Å². The fourth-order valence-corrected chi connectivity index (χ4v) is 4.05. The van der Waals surface area contributed by atoms with Gasteiger partial charge in [-0.05, 0) is 62.6 Å². The van der Waals surface area contributed by atoms with Crippen molar-refractivity contribution in [1.82, 2.24) is 0 Å². The highest BCUT2D eigenvalue weighted by Crippen LogP contribution is 2.40. The molecule has 0 aliphatic heterocycles. The van der Waals surface area contributed by atoms with E-state index in [0.717, 1.165) is 0 Å². The van der Waals surface area contributed by atoms with E-state index in [1.165, 1.54) is 25.7 Å². The summed E-state index contributed by atoms with van der Waals surface area (Å²) in [6.45, 7) is 14.2. The molecule has 1 aliphatic carbocycles. The van der Waals surface area contributed by atoms with Crippen molar-refractivity contribution in [2.75, 3.05) is 6.61 Å². The van der Waals surface area contributed by atoms with Crippen LogP contribution in [0.25, 0.3) is 0 Å². The number of aliphatic hydroxyl groups excluding tert-OH is 1. The molecule has 18 heavy (non-hydrogen) atoms. The molecule has 1 atom stereocenters. The molecule has 1 fully saturated rings. The van der Waals surface area contributed by atoms with Gasteiger partial charge in [0.05, 0.1) is 0 Å². The lowest BCUT2D eigenvalue weighted by atomic mass is 9.80. The lowest BCUT2D eigenvalue weighted by molar-refractivity contribution is 0.0821. The molecule has 1 saturated carbocycles. The van der Waals surface area contributed by atoms with Crippen molar-refractivity contribution in [3.8, 4) is 0 Å². The Kier molecular flexibility index (Phi) is 5.45. The van der Waals surface area contributed by atoms with E-state index < -0.39 is 8.32 Å².